The molecule has 16 heavy (non-hydrogen) atoms. The maximum absolute atomic E-state index is 13.6. The molecule has 1 aliphatic rings. The lowest BCUT2D eigenvalue weighted by molar-refractivity contribution is 0.417. The second kappa shape index (κ2) is 5.15. The lowest BCUT2D eigenvalue weighted by Crippen LogP contribution is -2.30. The van der Waals surface area contributed by atoms with Crippen LogP contribution >= 0.6 is 11.6 Å². The first-order valence-corrected chi connectivity index (χ1v) is 6.19. The second-order valence-corrected chi connectivity index (χ2v) is 4.96. The number of benzene rings is 1. The Hall–Kier alpha value is -0.600. The summed E-state index contributed by atoms with van der Waals surface area (Å²) >= 11 is 5.89. The minimum atomic E-state index is -0.133. The number of hydrogen-bond donors (Lipinski definition) is 1. The van der Waals surface area contributed by atoms with Gasteiger partial charge in [0.15, 0.2) is 0 Å². The summed E-state index contributed by atoms with van der Waals surface area (Å²) in [6.07, 6.45) is 4.40. The van der Waals surface area contributed by atoms with Gasteiger partial charge in [0.1, 0.15) is 5.82 Å². The van der Waals surface area contributed by atoms with Crippen molar-refractivity contribution in [2.75, 3.05) is 7.05 Å². The highest BCUT2D eigenvalue weighted by atomic mass is 35.5. The summed E-state index contributed by atoms with van der Waals surface area (Å²) in [5.74, 6) is 0.407. The maximum atomic E-state index is 13.6. The van der Waals surface area contributed by atoms with Gasteiger partial charge in [-0.15, -0.1) is 0 Å². The molecule has 1 aliphatic carbocycles. The predicted octanol–water partition coefficient (Wildman–Crippen LogP) is 3.41. The van der Waals surface area contributed by atoms with Crippen molar-refractivity contribution in [3.05, 3.63) is 34.6 Å². The van der Waals surface area contributed by atoms with E-state index in [0.717, 1.165) is 12.0 Å². The molecule has 1 aromatic rings. The van der Waals surface area contributed by atoms with Crippen molar-refractivity contribution in [3.8, 4) is 0 Å². The van der Waals surface area contributed by atoms with Crippen LogP contribution in [0.1, 0.15) is 24.8 Å². The molecule has 0 amide bonds. The van der Waals surface area contributed by atoms with Gasteiger partial charge < -0.3 is 5.32 Å². The predicted molar refractivity (Wildman–Crippen MR) is 65.3 cm³/mol. The molecule has 0 radical (unpaired) electrons. The Kier molecular flexibility index (Phi) is 3.82. The molecule has 2 rings (SSSR count). The highest BCUT2D eigenvalue weighted by molar-refractivity contribution is 6.30. The summed E-state index contributed by atoms with van der Waals surface area (Å²) in [4.78, 5) is 0. The topological polar surface area (TPSA) is 12.0 Å². The van der Waals surface area contributed by atoms with Gasteiger partial charge in [0.2, 0.25) is 0 Å². The van der Waals surface area contributed by atoms with Crippen molar-refractivity contribution in [1.82, 2.24) is 5.32 Å². The van der Waals surface area contributed by atoms with Crippen molar-refractivity contribution in [1.29, 1.82) is 0 Å². The monoisotopic (exact) mass is 241 g/mol. The molecule has 0 bridgehead atoms. The first-order valence-electron chi connectivity index (χ1n) is 5.82. The van der Waals surface area contributed by atoms with Gasteiger partial charge in [-0.25, -0.2) is 4.39 Å². The van der Waals surface area contributed by atoms with E-state index in [0.29, 0.717) is 17.0 Å². The number of rotatable bonds is 3. The van der Waals surface area contributed by atoms with Gasteiger partial charge in [0.25, 0.3) is 0 Å². The van der Waals surface area contributed by atoms with Crippen molar-refractivity contribution < 1.29 is 4.39 Å². The SMILES string of the molecule is CNC1CCCC1Cc1cc(Cl)ccc1F. The van der Waals surface area contributed by atoms with Gasteiger partial charge in [-0.05, 0) is 56.0 Å². The third-order valence-corrected chi connectivity index (χ3v) is 3.75. The normalized spacial score (nSPS) is 24.9. The number of nitrogens with one attached hydrogen (secondary N) is 1. The Bertz CT molecular complexity index is 367. The summed E-state index contributed by atoms with van der Waals surface area (Å²) in [6.45, 7) is 0. The van der Waals surface area contributed by atoms with Gasteiger partial charge in [-0.2, -0.15) is 0 Å². The van der Waals surface area contributed by atoms with Crippen LogP contribution in [0.4, 0.5) is 4.39 Å². The van der Waals surface area contributed by atoms with E-state index in [1.54, 1.807) is 12.1 Å². The van der Waals surface area contributed by atoms with E-state index < -0.39 is 0 Å². The zero-order valence-electron chi connectivity index (χ0n) is 9.47. The van der Waals surface area contributed by atoms with E-state index in [1.165, 1.54) is 25.3 Å². The van der Waals surface area contributed by atoms with Crippen molar-refractivity contribution >= 4 is 11.6 Å². The van der Waals surface area contributed by atoms with E-state index in [4.69, 9.17) is 11.6 Å². The maximum Gasteiger partial charge on any atom is 0.126 e. The van der Waals surface area contributed by atoms with Crippen LogP contribution < -0.4 is 5.32 Å². The Morgan fingerprint density at radius 3 is 3.00 bits per heavy atom. The molecule has 3 heteroatoms. The molecule has 1 saturated carbocycles. The molecule has 0 aliphatic heterocycles. The fourth-order valence-electron chi connectivity index (χ4n) is 2.64. The fraction of sp³-hybridized carbons (Fsp3) is 0.538. The average molecular weight is 242 g/mol. The van der Waals surface area contributed by atoms with Crippen LogP contribution in [0.5, 0.6) is 0 Å². The van der Waals surface area contributed by atoms with Gasteiger partial charge in [-0.3, -0.25) is 0 Å². The second-order valence-electron chi connectivity index (χ2n) is 4.53. The molecule has 1 fully saturated rings. The van der Waals surface area contributed by atoms with E-state index in [1.807, 2.05) is 7.05 Å². The molecule has 1 nitrogen and oxygen atoms in total. The Morgan fingerprint density at radius 1 is 1.44 bits per heavy atom. The smallest absolute Gasteiger partial charge is 0.126 e. The van der Waals surface area contributed by atoms with Crippen LogP contribution in [0.25, 0.3) is 0 Å². The fourth-order valence-corrected chi connectivity index (χ4v) is 2.84. The van der Waals surface area contributed by atoms with Crippen LogP contribution in [-0.4, -0.2) is 13.1 Å². The molecule has 2 atom stereocenters. The van der Waals surface area contributed by atoms with E-state index >= 15 is 0 Å². The Labute approximate surface area is 101 Å². The standard InChI is InChI=1S/C13H17ClFN/c1-16-13-4-2-3-9(13)7-10-8-11(14)5-6-12(10)15/h5-6,8-9,13,16H,2-4,7H2,1H3. The third-order valence-electron chi connectivity index (χ3n) is 3.52. The van der Waals surface area contributed by atoms with Crippen LogP contribution in [-0.2, 0) is 6.42 Å². The highest BCUT2D eigenvalue weighted by Crippen LogP contribution is 2.30. The van der Waals surface area contributed by atoms with Crippen molar-refractivity contribution in [3.63, 3.8) is 0 Å². The molecule has 0 aromatic heterocycles. The lowest BCUT2D eigenvalue weighted by atomic mass is 9.94. The highest BCUT2D eigenvalue weighted by Gasteiger charge is 2.26. The lowest BCUT2D eigenvalue weighted by Gasteiger charge is -2.19. The molecular formula is C13H17ClFN. The van der Waals surface area contributed by atoms with E-state index in [9.17, 15) is 4.39 Å². The number of halogens is 2. The quantitative estimate of drug-likeness (QED) is 0.855. The summed E-state index contributed by atoms with van der Waals surface area (Å²) in [7, 11) is 1.98. The van der Waals surface area contributed by atoms with Crippen LogP contribution in [0, 0.1) is 11.7 Å². The minimum absolute atomic E-state index is 0.133. The first-order chi connectivity index (χ1) is 7.70. The van der Waals surface area contributed by atoms with Crippen LogP contribution in [0.3, 0.4) is 0 Å². The number of hydrogen-bond acceptors (Lipinski definition) is 1. The molecule has 2 unspecified atom stereocenters. The molecule has 1 aromatic carbocycles. The molecular weight excluding hydrogens is 225 g/mol. The van der Waals surface area contributed by atoms with Gasteiger partial charge in [0.05, 0.1) is 0 Å². The summed E-state index contributed by atoms with van der Waals surface area (Å²) in [5.41, 5.74) is 0.750. The molecule has 0 spiro atoms. The van der Waals surface area contributed by atoms with Crippen molar-refractivity contribution in [2.45, 2.75) is 31.7 Å². The zero-order chi connectivity index (χ0) is 11.5. The molecule has 1 N–H and O–H groups in total. The van der Waals surface area contributed by atoms with Gasteiger partial charge in [-0.1, -0.05) is 18.0 Å². The Balaban J connectivity index is 2.11. The molecule has 0 saturated heterocycles. The van der Waals surface area contributed by atoms with Gasteiger partial charge in [0, 0.05) is 11.1 Å². The van der Waals surface area contributed by atoms with E-state index in [2.05, 4.69) is 5.32 Å². The largest absolute Gasteiger partial charge is 0.317 e. The molecule has 0 heterocycles. The average Bonchev–Trinajstić information content (AvgIpc) is 2.71. The first kappa shape index (κ1) is 11.9. The van der Waals surface area contributed by atoms with Crippen LogP contribution in [0.15, 0.2) is 18.2 Å². The zero-order valence-corrected chi connectivity index (χ0v) is 10.2. The minimum Gasteiger partial charge on any atom is -0.317 e. The summed E-state index contributed by atoms with van der Waals surface area (Å²) in [5, 5.41) is 3.93. The van der Waals surface area contributed by atoms with E-state index in [-0.39, 0.29) is 5.82 Å². The molecule has 88 valence electrons. The third kappa shape index (κ3) is 2.55. The van der Waals surface area contributed by atoms with Crippen LogP contribution in [0.2, 0.25) is 5.02 Å². The summed E-state index contributed by atoms with van der Waals surface area (Å²) < 4.78 is 13.6. The van der Waals surface area contributed by atoms with Gasteiger partial charge >= 0.3 is 0 Å². The summed E-state index contributed by atoms with van der Waals surface area (Å²) in [6, 6.07) is 5.34. The Morgan fingerprint density at radius 2 is 2.25 bits per heavy atom. The van der Waals surface area contributed by atoms with Crippen molar-refractivity contribution in [2.24, 2.45) is 5.92 Å².